The molecule has 0 radical (unpaired) electrons. The Balaban J connectivity index is 0.00000420. The third-order valence-electron chi connectivity index (χ3n) is 4.16. The second-order valence-corrected chi connectivity index (χ2v) is 7.53. The van der Waals surface area contributed by atoms with Gasteiger partial charge in [0.15, 0.2) is 5.96 Å². The summed E-state index contributed by atoms with van der Waals surface area (Å²) in [4.78, 5) is 10.1. The first-order chi connectivity index (χ1) is 13.7. The molecule has 0 saturated carbocycles. The van der Waals surface area contributed by atoms with Crippen molar-refractivity contribution in [3.63, 3.8) is 0 Å². The van der Waals surface area contributed by atoms with E-state index in [9.17, 15) is 0 Å². The second kappa shape index (κ2) is 14.6. The maximum Gasteiger partial charge on any atom is 0.191 e. The molecule has 2 aromatic rings. The van der Waals surface area contributed by atoms with Crippen molar-refractivity contribution in [2.75, 3.05) is 33.4 Å². The molecule has 8 heteroatoms. The van der Waals surface area contributed by atoms with E-state index in [1.54, 1.807) is 18.4 Å². The lowest BCUT2D eigenvalue weighted by atomic mass is 10.1. The van der Waals surface area contributed by atoms with Gasteiger partial charge >= 0.3 is 0 Å². The molecular weight excluding hydrogens is 499 g/mol. The van der Waals surface area contributed by atoms with Crippen LogP contribution >= 0.6 is 35.3 Å². The first kappa shape index (κ1) is 25.6. The molecule has 29 heavy (non-hydrogen) atoms. The number of aryl methyl sites for hydroxylation is 2. The second-order valence-electron chi connectivity index (χ2n) is 6.33. The summed E-state index contributed by atoms with van der Waals surface area (Å²) in [5.41, 5.74) is 2.27. The molecule has 0 unspecified atom stereocenters. The summed E-state index contributed by atoms with van der Waals surface area (Å²) in [6.45, 7) is 9.48. The number of aliphatic imine (C=N–C) groups is 1. The standard InChI is InChI=1S/C21H32N4O2S.HI/c1-5-18-15-24-20(28-18)9-10-23-21(22-4)25-14-17-8-7-16(3)13-19(17)27-12-11-26-6-2;/h7-8,13,15H,5-6,9-12,14H2,1-4H3,(H2,22,23,25);1H. The molecule has 0 atom stereocenters. The summed E-state index contributed by atoms with van der Waals surface area (Å²) in [5, 5.41) is 7.87. The van der Waals surface area contributed by atoms with E-state index in [0.29, 0.717) is 26.4 Å². The zero-order valence-corrected chi connectivity index (χ0v) is 20.9. The number of halogens is 1. The number of nitrogens with zero attached hydrogens (tertiary/aromatic N) is 2. The van der Waals surface area contributed by atoms with Crippen LogP contribution in [0.5, 0.6) is 5.75 Å². The molecule has 2 N–H and O–H groups in total. The van der Waals surface area contributed by atoms with Crippen LogP contribution in [0.3, 0.4) is 0 Å². The Kier molecular flexibility index (Phi) is 12.9. The summed E-state index contributed by atoms with van der Waals surface area (Å²) in [6.07, 6.45) is 3.90. The summed E-state index contributed by atoms with van der Waals surface area (Å²) in [6, 6.07) is 6.25. The fraction of sp³-hybridized carbons (Fsp3) is 0.524. The molecule has 0 saturated heterocycles. The van der Waals surface area contributed by atoms with Gasteiger partial charge in [-0.05, 0) is 31.9 Å². The lowest BCUT2D eigenvalue weighted by Gasteiger charge is -2.15. The van der Waals surface area contributed by atoms with E-state index in [2.05, 4.69) is 52.7 Å². The molecule has 0 aliphatic rings. The van der Waals surface area contributed by atoms with Crippen molar-refractivity contribution < 1.29 is 9.47 Å². The van der Waals surface area contributed by atoms with Gasteiger partial charge in [-0.15, -0.1) is 35.3 Å². The number of thiazole rings is 1. The van der Waals surface area contributed by atoms with Crippen LogP contribution < -0.4 is 15.4 Å². The van der Waals surface area contributed by atoms with E-state index in [1.165, 1.54) is 10.4 Å². The topological polar surface area (TPSA) is 67.8 Å². The van der Waals surface area contributed by atoms with E-state index in [0.717, 1.165) is 41.7 Å². The van der Waals surface area contributed by atoms with Gasteiger partial charge in [-0.2, -0.15) is 0 Å². The van der Waals surface area contributed by atoms with Gasteiger partial charge in [0, 0.05) is 49.8 Å². The predicted molar refractivity (Wildman–Crippen MR) is 132 cm³/mol. The van der Waals surface area contributed by atoms with Gasteiger partial charge in [0.05, 0.1) is 11.6 Å². The third kappa shape index (κ3) is 9.31. The predicted octanol–water partition coefficient (Wildman–Crippen LogP) is 3.95. The van der Waals surface area contributed by atoms with Gasteiger partial charge in [-0.25, -0.2) is 4.98 Å². The molecule has 1 aromatic carbocycles. The van der Waals surface area contributed by atoms with Crippen molar-refractivity contribution in [2.24, 2.45) is 4.99 Å². The first-order valence-electron chi connectivity index (χ1n) is 9.84. The average Bonchev–Trinajstić information content (AvgIpc) is 3.17. The van der Waals surface area contributed by atoms with Crippen molar-refractivity contribution in [3.8, 4) is 5.75 Å². The van der Waals surface area contributed by atoms with Crippen LogP contribution in [0, 0.1) is 6.92 Å². The molecule has 0 bridgehead atoms. The van der Waals surface area contributed by atoms with Gasteiger partial charge in [0.2, 0.25) is 0 Å². The maximum atomic E-state index is 5.91. The number of rotatable bonds is 11. The van der Waals surface area contributed by atoms with Crippen LogP contribution in [0.4, 0.5) is 0 Å². The number of ether oxygens (including phenoxy) is 2. The molecule has 1 heterocycles. The molecule has 2 rings (SSSR count). The van der Waals surface area contributed by atoms with Crippen molar-refractivity contribution in [1.82, 2.24) is 15.6 Å². The Bertz CT molecular complexity index is 752. The zero-order chi connectivity index (χ0) is 20.2. The highest BCUT2D eigenvalue weighted by molar-refractivity contribution is 14.0. The Morgan fingerprint density at radius 3 is 2.72 bits per heavy atom. The van der Waals surface area contributed by atoms with Crippen LogP contribution in [-0.4, -0.2) is 44.4 Å². The van der Waals surface area contributed by atoms with E-state index in [-0.39, 0.29) is 24.0 Å². The monoisotopic (exact) mass is 532 g/mol. The lowest BCUT2D eigenvalue weighted by molar-refractivity contribution is 0.110. The highest BCUT2D eigenvalue weighted by Crippen LogP contribution is 2.20. The first-order valence-corrected chi connectivity index (χ1v) is 10.7. The molecule has 0 spiro atoms. The summed E-state index contributed by atoms with van der Waals surface area (Å²) >= 11 is 1.78. The number of nitrogens with one attached hydrogen (secondary N) is 2. The quantitative estimate of drug-likeness (QED) is 0.199. The van der Waals surface area contributed by atoms with E-state index in [1.807, 2.05) is 13.1 Å². The average molecular weight is 532 g/mol. The van der Waals surface area contributed by atoms with E-state index >= 15 is 0 Å². The fourth-order valence-corrected chi connectivity index (χ4v) is 3.47. The molecule has 162 valence electrons. The minimum atomic E-state index is 0. The molecule has 0 amide bonds. The lowest BCUT2D eigenvalue weighted by Crippen LogP contribution is -2.37. The normalized spacial score (nSPS) is 11.1. The van der Waals surface area contributed by atoms with Crippen LogP contribution in [-0.2, 0) is 24.1 Å². The smallest absolute Gasteiger partial charge is 0.191 e. The molecular formula is C21H33IN4O2S. The van der Waals surface area contributed by atoms with Gasteiger partial charge in [0.25, 0.3) is 0 Å². The van der Waals surface area contributed by atoms with Crippen molar-refractivity contribution in [1.29, 1.82) is 0 Å². The highest BCUT2D eigenvalue weighted by atomic mass is 127. The van der Waals surface area contributed by atoms with Crippen LogP contribution in [0.1, 0.15) is 34.9 Å². The molecule has 0 aliphatic heterocycles. The zero-order valence-electron chi connectivity index (χ0n) is 17.8. The number of benzene rings is 1. The summed E-state index contributed by atoms with van der Waals surface area (Å²) in [5.74, 6) is 1.66. The van der Waals surface area contributed by atoms with Crippen LogP contribution in [0.25, 0.3) is 0 Å². The molecule has 1 aromatic heterocycles. The van der Waals surface area contributed by atoms with E-state index < -0.39 is 0 Å². The fourth-order valence-electron chi connectivity index (χ4n) is 2.61. The van der Waals surface area contributed by atoms with Crippen LogP contribution in [0.15, 0.2) is 29.4 Å². The van der Waals surface area contributed by atoms with Gasteiger partial charge in [-0.1, -0.05) is 19.1 Å². The number of aromatic nitrogens is 1. The van der Waals surface area contributed by atoms with Gasteiger partial charge in [-0.3, -0.25) is 4.99 Å². The maximum absolute atomic E-state index is 5.91. The number of hydrogen-bond acceptors (Lipinski definition) is 5. The minimum Gasteiger partial charge on any atom is -0.491 e. The molecule has 0 fully saturated rings. The Hall–Kier alpha value is -1.39. The van der Waals surface area contributed by atoms with Crippen molar-refractivity contribution >= 4 is 41.3 Å². The summed E-state index contributed by atoms with van der Waals surface area (Å²) in [7, 11) is 1.78. The number of hydrogen-bond donors (Lipinski definition) is 2. The largest absolute Gasteiger partial charge is 0.491 e. The highest BCUT2D eigenvalue weighted by Gasteiger charge is 2.07. The van der Waals surface area contributed by atoms with Crippen LogP contribution in [0.2, 0.25) is 0 Å². The SMILES string of the molecule is CCOCCOc1cc(C)ccc1CNC(=NC)NCCc1ncc(CC)s1.I. The van der Waals surface area contributed by atoms with Gasteiger partial charge in [0.1, 0.15) is 12.4 Å². The number of guanidine groups is 1. The Morgan fingerprint density at radius 2 is 2.03 bits per heavy atom. The van der Waals surface area contributed by atoms with Crippen molar-refractivity contribution in [2.45, 2.75) is 40.2 Å². The summed E-state index contributed by atoms with van der Waals surface area (Å²) < 4.78 is 11.3. The Morgan fingerprint density at radius 1 is 1.21 bits per heavy atom. The molecule has 0 aliphatic carbocycles. The third-order valence-corrected chi connectivity index (χ3v) is 5.36. The van der Waals surface area contributed by atoms with Crippen molar-refractivity contribution in [3.05, 3.63) is 45.4 Å². The minimum absolute atomic E-state index is 0. The van der Waals surface area contributed by atoms with Gasteiger partial charge < -0.3 is 20.1 Å². The Labute approximate surface area is 195 Å². The molecule has 6 nitrogen and oxygen atoms in total. The van der Waals surface area contributed by atoms with E-state index in [4.69, 9.17) is 9.47 Å².